The van der Waals surface area contributed by atoms with Crippen molar-refractivity contribution >= 4 is 10.9 Å². The molecule has 1 unspecified atom stereocenters. The Balaban J connectivity index is 2.34. The van der Waals surface area contributed by atoms with Crippen LogP contribution in [0.15, 0.2) is 30.3 Å². The second-order valence-electron chi connectivity index (χ2n) is 4.18. The zero-order chi connectivity index (χ0) is 13.0. The van der Waals surface area contributed by atoms with Crippen molar-refractivity contribution < 1.29 is 14.6 Å². The molecule has 1 aromatic carbocycles. The third kappa shape index (κ3) is 2.78. The van der Waals surface area contributed by atoms with Gasteiger partial charge in [0.05, 0.1) is 18.7 Å². The molecule has 0 radical (unpaired) electrons. The van der Waals surface area contributed by atoms with Crippen LogP contribution < -0.4 is 4.74 Å². The average Bonchev–Trinajstić information content (AvgIpc) is 2.38. The molecule has 96 valence electrons. The van der Waals surface area contributed by atoms with Gasteiger partial charge in [0.2, 0.25) is 5.88 Å². The molecule has 4 nitrogen and oxygen atoms in total. The van der Waals surface area contributed by atoms with Gasteiger partial charge in [0.1, 0.15) is 6.10 Å². The summed E-state index contributed by atoms with van der Waals surface area (Å²) in [6.07, 6.45) is -0.0739. The molecule has 1 heterocycles. The van der Waals surface area contributed by atoms with E-state index in [0.29, 0.717) is 12.5 Å². The predicted octanol–water partition coefficient (Wildman–Crippen LogP) is 2.14. The number of aromatic nitrogens is 1. The van der Waals surface area contributed by atoms with Crippen LogP contribution in [0.2, 0.25) is 0 Å². The Morgan fingerprint density at radius 1 is 1.33 bits per heavy atom. The summed E-state index contributed by atoms with van der Waals surface area (Å²) in [5.41, 5.74) is 1.64. The standard InChI is InChI=1S/C14H17NO3/c1-10(9-17-2)18-14-7-11(8-16)12-5-3-4-6-13(12)15-14/h3-7,10,16H,8-9H2,1-2H3. The molecule has 0 spiro atoms. The molecule has 0 aliphatic rings. The quantitative estimate of drug-likeness (QED) is 0.879. The Bertz CT molecular complexity index is 527. The van der Waals surface area contributed by atoms with E-state index >= 15 is 0 Å². The molecule has 0 fully saturated rings. The topological polar surface area (TPSA) is 51.6 Å². The van der Waals surface area contributed by atoms with E-state index in [9.17, 15) is 5.11 Å². The first-order valence-electron chi connectivity index (χ1n) is 5.89. The fraction of sp³-hybridized carbons (Fsp3) is 0.357. The van der Waals surface area contributed by atoms with E-state index in [0.717, 1.165) is 16.5 Å². The minimum Gasteiger partial charge on any atom is -0.472 e. The zero-order valence-electron chi connectivity index (χ0n) is 10.6. The number of ether oxygens (including phenoxy) is 2. The van der Waals surface area contributed by atoms with Gasteiger partial charge in [-0.2, -0.15) is 0 Å². The Hall–Kier alpha value is -1.65. The van der Waals surface area contributed by atoms with Crippen LogP contribution in [0.4, 0.5) is 0 Å². The molecule has 1 atom stereocenters. The highest BCUT2D eigenvalue weighted by Crippen LogP contribution is 2.22. The number of aliphatic hydroxyl groups is 1. The lowest BCUT2D eigenvalue weighted by Crippen LogP contribution is -2.18. The lowest BCUT2D eigenvalue weighted by Gasteiger charge is -2.14. The van der Waals surface area contributed by atoms with Gasteiger partial charge in [-0.3, -0.25) is 0 Å². The summed E-state index contributed by atoms with van der Waals surface area (Å²) < 4.78 is 10.7. The molecule has 0 aliphatic carbocycles. The van der Waals surface area contributed by atoms with E-state index in [-0.39, 0.29) is 12.7 Å². The van der Waals surface area contributed by atoms with Crippen LogP contribution >= 0.6 is 0 Å². The minimum absolute atomic E-state index is 0.0297. The molecule has 0 saturated carbocycles. The van der Waals surface area contributed by atoms with Gasteiger partial charge < -0.3 is 14.6 Å². The van der Waals surface area contributed by atoms with E-state index in [1.165, 1.54) is 0 Å². The maximum Gasteiger partial charge on any atom is 0.214 e. The summed E-state index contributed by atoms with van der Waals surface area (Å²) in [5, 5.41) is 10.3. The number of aliphatic hydroxyl groups excluding tert-OH is 1. The van der Waals surface area contributed by atoms with Gasteiger partial charge in [-0.05, 0) is 18.6 Å². The number of hydrogen-bond acceptors (Lipinski definition) is 4. The summed E-state index contributed by atoms with van der Waals surface area (Å²) in [7, 11) is 1.63. The Kier molecular flexibility index (Phi) is 4.12. The molecular formula is C14H17NO3. The average molecular weight is 247 g/mol. The highest BCUT2D eigenvalue weighted by Gasteiger charge is 2.08. The number of methoxy groups -OCH3 is 1. The first-order valence-corrected chi connectivity index (χ1v) is 5.89. The second-order valence-corrected chi connectivity index (χ2v) is 4.18. The number of fused-ring (bicyclic) bond motifs is 1. The van der Waals surface area contributed by atoms with Gasteiger partial charge in [-0.25, -0.2) is 4.98 Å². The van der Waals surface area contributed by atoms with Crippen molar-refractivity contribution in [3.63, 3.8) is 0 Å². The molecule has 0 amide bonds. The first kappa shape index (κ1) is 12.8. The summed E-state index contributed by atoms with van der Waals surface area (Å²) in [4.78, 5) is 4.42. The van der Waals surface area contributed by atoms with Gasteiger partial charge in [0.25, 0.3) is 0 Å². The smallest absolute Gasteiger partial charge is 0.214 e. The zero-order valence-corrected chi connectivity index (χ0v) is 10.6. The lowest BCUT2D eigenvalue weighted by molar-refractivity contribution is 0.0891. The molecule has 0 saturated heterocycles. The summed E-state index contributed by atoms with van der Waals surface area (Å²) in [6, 6.07) is 9.46. The van der Waals surface area contributed by atoms with E-state index in [1.807, 2.05) is 31.2 Å². The van der Waals surface area contributed by atoms with Crippen LogP contribution in [-0.4, -0.2) is 29.9 Å². The molecule has 18 heavy (non-hydrogen) atoms. The van der Waals surface area contributed by atoms with Crippen molar-refractivity contribution in [3.8, 4) is 5.88 Å². The van der Waals surface area contributed by atoms with Crippen LogP contribution in [-0.2, 0) is 11.3 Å². The van der Waals surface area contributed by atoms with Crippen molar-refractivity contribution in [1.29, 1.82) is 0 Å². The number of benzene rings is 1. The lowest BCUT2D eigenvalue weighted by atomic mass is 10.1. The highest BCUT2D eigenvalue weighted by atomic mass is 16.5. The van der Waals surface area contributed by atoms with Crippen LogP contribution in [0.25, 0.3) is 10.9 Å². The third-order valence-corrected chi connectivity index (χ3v) is 2.67. The molecule has 0 bridgehead atoms. The first-order chi connectivity index (χ1) is 8.74. The van der Waals surface area contributed by atoms with Gasteiger partial charge >= 0.3 is 0 Å². The maximum atomic E-state index is 9.39. The van der Waals surface area contributed by atoms with Crippen LogP contribution in [0.1, 0.15) is 12.5 Å². The molecule has 1 N–H and O–H groups in total. The largest absolute Gasteiger partial charge is 0.472 e. The SMILES string of the molecule is COCC(C)Oc1cc(CO)c2ccccc2n1. The van der Waals surface area contributed by atoms with Crippen molar-refractivity contribution in [2.24, 2.45) is 0 Å². The molecule has 4 heteroatoms. The van der Waals surface area contributed by atoms with Crippen molar-refractivity contribution in [2.75, 3.05) is 13.7 Å². The monoisotopic (exact) mass is 247 g/mol. The number of hydrogen-bond donors (Lipinski definition) is 1. The van der Waals surface area contributed by atoms with Crippen LogP contribution in [0, 0.1) is 0 Å². The van der Waals surface area contributed by atoms with Crippen LogP contribution in [0.5, 0.6) is 5.88 Å². The van der Waals surface area contributed by atoms with Crippen LogP contribution in [0.3, 0.4) is 0 Å². The Morgan fingerprint density at radius 3 is 2.83 bits per heavy atom. The number of pyridine rings is 1. The fourth-order valence-corrected chi connectivity index (χ4v) is 1.89. The number of nitrogens with zero attached hydrogens (tertiary/aromatic N) is 1. The predicted molar refractivity (Wildman–Crippen MR) is 69.6 cm³/mol. The molecule has 0 aliphatic heterocycles. The van der Waals surface area contributed by atoms with Crippen molar-refractivity contribution in [2.45, 2.75) is 19.6 Å². The molecule has 2 rings (SSSR count). The third-order valence-electron chi connectivity index (χ3n) is 2.67. The van der Waals surface area contributed by atoms with E-state index in [4.69, 9.17) is 9.47 Å². The molecule has 1 aromatic heterocycles. The highest BCUT2D eigenvalue weighted by molar-refractivity contribution is 5.82. The Labute approximate surface area is 106 Å². The Morgan fingerprint density at radius 2 is 2.11 bits per heavy atom. The number of rotatable bonds is 5. The maximum absolute atomic E-state index is 9.39. The minimum atomic E-state index is -0.0739. The van der Waals surface area contributed by atoms with Crippen molar-refractivity contribution in [1.82, 2.24) is 4.98 Å². The van der Waals surface area contributed by atoms with E-state index in [1.54, 1.807) is 13.2 Å². The fourth-order valence-electron chi connectivity index (χ4n) is 1.89. The number of para-hydroxylation sites is 1. The van der Waals surface area contributed by atoms with Gasteiger partial charge in [-0.15, -0.1) is 0 Å². The molecular weight excluding hydrogens is 230 g/mol. The van der Waals surface area contributed by atoms with Gasteiger partial charge in [0.15, 0.2) is 0 Å². The second kappa shape index (κ2) is 5.80. The summed E-state index contributed by atoms with van der Waals surface area (Å²) in [6.45, 7) is 2.39. The normalized spacial score (nSPS) is 12.6. The summed E-state index contributed by atoms with van der Waals surface area (Å²) >= 11 is 0. The van der Waals surface area contributed by atoms with Gasteiger partial charge in [0, 0.05) is 18.6 Å². The summed E-state index contributed by atoms with van der Waals surface area (Å²) in [5.74, 6) is 0.516. The van der Waals surface area contributed by atoms with E-state index < -0.39 is 0 Å². The molecule has 2 aromatic rings. The van der Waals surface area contributed by atoms with Gasteiger partial charge in [-0.1, -0.05) is 18.2 Å². The van der Waals surface area contributed by atoms with E-state index in [2.05, 4.69) is 4.98 Å². The van der Waals surface area contributed by atoms with Crippen molar-refractivity contribution in [3.05, 3.63) is 35.9 Å².